The van der Waals surface area contributed by atoms with E-state index in [2.05, 4.69) is 25.5 Å². The first-order valence-corrected chi connectivity index (χ1v) is 10.1. The SMILES string of the molecule is Cc1[nH]c2ccccc2c1/C=N/NC(=O)c1ccc2nc(-c3ccccc3Cl)[nH]c2c1. The number of H-pyrrole nitrogens is 2. The predicted octanol–water partition coefficient (Wildman–Crippen LogP) is 5.44. The van der Waals surface area contributed by atoms with Gasteiger partial charge in [-0.1, -0.05) is 41.9 Å². The van der Waals surface area contributed by atoms with Gasteiger partial charge in [0.2, 0.25) is 0 Å². The first kappa shape index (κ1) is 19.1. The van der Waals surface area contributed by atoms with Gasteiger partial charge >= 0.3 is 0 Å². The monoisotopic (exact) mass is 427 g/mol. The number of carbonyl (C=O) groups is 1. The molecule has 0 aliphatic carbocycles. The van der Waals surface area contributed by atoms with Crippen molar-refractivity contribution in [1.82, 2.24) is 20.4 Å². The van der Waals surface area contributed by atoms with Crippen LogP contribution in [-0.2, 0) is 0 Å². The van der Waals surface area contributed by atoms with E-state index in [1.54, 1.807) is 24.4 Å². The average Bonchev–Trinajstić information content (AvgIpc) is 3.34. The van der Waals surface area contributed by atoms with Crippen molar-refractivity contribution < 1.29 is 4.79 Å². The molecular weight excluding hydrogens is 410 g/mol. The summed E-state index contributed by atoms with van der Waals surface area (Å²) in [6, 6.07) is 20.7. The summed E-state index contributed by atoms with van der Waals surface area (Å²) in [5.41, 5.74) is 8.37. The molecule has 0 atom stereocenters. The number of aromatic amines is 2. The van der Waals surface area contributed by atoms with Gasteiger partial charge in [0.15, 0.2) is 0 Å². The van der Waals surface area contributed by atoms with Crippen LogP contribution in [0.4, 0.5) is 0 Å². The second kappa shape index (κ2) is 7.74. The molecule has 5 rings (SSSR count). The Balaban J connectivity index is 1.38. The standard InChI is InChI=1S/C24H18ClN5O/c1-14-18(16-6-3-5-9-20(16)27-14)13-26-30-24(31)15-10-11-21-22(12-15)29-23(28-21)17-7-2-4-8-19(17)25/h2-13,27H,1H3,(H,28,29)(H,30,31)/b26-13+. The molecule has 2 aromatic heterocycles. The third-order valence-corrected chi connectivity index (χ3v) is 5.51. The highest BCUT2D eigenvalue weighted by atomic mass is 35.5. The minimum absolute atomic E-state index is 0.301. The smallest absolute Gasteiger partial charge is 0.271 e. The van der Waals surface area contributed by atoms with Gasteiger partial charge in [0, 0.05) is 33.3 Å². The second-order valence-electron chi connectivity index (χ2n) is 7.21. The van der Waals surface area contributed by atoms with Crippen LogP contribution >= 0.6 is 11.6 Å². The number of rotatable bonds is 4. The molecule has 7 heteroatoms. The molecule has 152 valence electrons. The number of halogens is 1. The lowest BCUT2D eigenvalue weighted by Gasteiger charge is -2.00. The highest BCUT2D eigenvalue weighted by Crippen LogP contribution is 2.27. The minimum Gasteiger partial charge on any atom is -0.358 e. The zero-order chi connectivity index (χ0) is 21.4. The highest BCUT2D eigenvalue weighted by Gasteiger charge is 2.12. The van der Waals surface area contributed by atoms with Gasteiger partial charge in [-0.15, -0.1) is 0 Å². The Morgan fingerprint density at radius 2 is 1.84 bits per heavy atom. The maximum atomic E-state index is 12.6. The Hall–Kier alpha value is -3.90. The third-order valence-electron chi connectivity index (χ3n) is 5.18. The van der Waals surface area contributed by atoms with Gasteiger partial charge in [-0.2, -0.15) is 5.10 Å². The minimum atomic E-state index is -0.301. The summed E-state index contributed by atoms with van der Waals surface area (Å²) in [7, 11) is 0. The lowest BCUT2D eigenvalue weighted by Crippen LogP contribution is -2.17. The van der Waals surface area contributed by atoms with Crippen LogP contribution < -0.4 is 5.43 Å². The van der Waals surface area contributed by atoms with Crippen LogP contribution in [0.15, 0.2) is 71.8 Å². The summed E-state index contributed by atoms with van der Waals surface area (Å²) >= 11 is 6.27. The summed E-state index contributed by atoms with van der Waals surface area (Å²) in [6.45, 7) is 1.98. The van der Waals surface area contributed by atoms with Gasteiger partial charge in [0.25, 0.3) is 5.91 Å². The van der Waals surface area contributed by atoms with Crippen molar-refractivity contribution in [2.45, 2.75) is 6.92 Å². The Bertz CT molecular complexity index is 1460. The predicted molar refractivity (Wildman–Crippen MR) is 125 cm³/mol. The molecule has 6 nitrogen and oxygen atoms in total. The summed E-state index contributed by atoms with van der Waals surface area (Å²) in [6.07, 6.45) is 1.66. The van der Waals surface area contributed by atoms with Crippen molar-refractivity contribution in [2.75, 3.05) is 0 Å². The lowest BCUT2D eigenvalue weighted by molar-refractivity contribution is 0.0955. The molecule has 0 bridgehead atoms. The number of fused-ring (bicyclic) bond motifs is 2. The summed E-state index contributed by atoms with van der Waals surface area (Å²) in [5, 5.41) is 5.83. The molecule has 2 heterocycles. The number of benzene rings is 3. The van der Waals surface area contributed by atoms with E-state index in [9.17, 15) is 4.79 Å². The molecule has 1 amide bonds. The van der Waals surface area contributed by atoms with Crippen LogP contribution in [-0.4, -0.2) is 27.1 Å². The quantitative estimate of drug-likeness (QED) is 0.263. The van der Waals surface area contributed by atoms with Crippen LogP contribution in [0.1, 0.15) is 21.6 Å². The van der Waals surface area contributed by atoms with Gasteiger partial charge in [-0.25, -0.2) is 10.4 Å². The molecule has 0 saturated carbocycles. The fourth-order valence-electron chi connectivity index (χ4n) is 3.62. The molecule has 31 heavy (non-hydrogen) atoms. The average molecular weight is 428 g/mol. The normalized spacial score (nSPS) is 11.5. The van der Waals surface area contributed by atoms with Crippen LogP contribution in [0.2, 0.25) is 5.02 Å². The van der Waals surface area contributed by atoms with Crippen LogP contribution in [0.3, 0.4) is 0 Å². The Morgan fingerprint density at radius 3 is 2.71 bits per heavy atom. The van der Waals surface area contributed by atoms with Crippen LogP contribution in [0.5, 0.6) is 0 Å². The lowest BCUT2D eigenvalue weighted by atomic mass is 10.1. The second-order valence-corrected chi connectivity index (χ2v) is 7.61. The van der Waals surface area contributed by atoms with E-state index in [1.165, 1.54) is 0 Å². The van der Waals surface area contributed by atoms with Gasteiger partial charge < -0.3 is 9.97 Å². The van der Waals surface area contributed by atoms with Crippen LogP contribution in [0.25, 0.3) is 33.3 Å². The van der Waals surface area contributed by atoms with Crippen molar-refractivity contribution in [3.8, 4) is 11.4 Å². The van der Waals surface area contributed by atoms with E-state index in [1.807, 2.05) is 55.5 Å². The van der Waals surface area contributed by atoms with Crippen molar-refractivity contribution in [3.05, 3.63) is 88.6 Å². The first-order chi connectivity index (χ1) is 15.1. The number of amides is 1. The first-order valence-electron chi connectivity index (χ1n) is 9.75. The third kappa shape index (κ3) is 3.58. The van der Waals surface area contributed by atoms with Crippen molar-refractivity contribution in [1.29, 1.82) is 0 Å². The fraction of sp³-hybridized carbons (Fsp3) is 0.0417. The molecule has 0 saturated heterocycles. The molecule has 0 aliphatic heterocycles. The molecule has 3 N–H and O–H groups in total. The number of hydrazone groups is 1. The molecule has 0 fully saturated rings. The Morgan fingerprint density at radius 1 is 1.03 bits per heavy atom. The van der Waals surface area contributed by atoms with Crippen molar-refractivity contribution in [2.24, 2.45) is 5.10 Å². The van der Waals surface area contributed by atoms with Gasteiger partial charge in [0.05, 0.1) is 22.3 Å². The topological polar surface area (TPSA) is 85.9 Å². The van der Waals surface area contributed by atoms with Crippen molar-refractivity contribution in [3.63, 3.8) is 0 Å². The number of aromatic nitrogens is 3. The zero-order valence-electron chi connectivity index (χ0n) is 16.6. The number of aryl methyl sites for hydroxylation is 1. The molecule has 3 aromatic carbocycles. The summed E-state index contributed by atoms with van der Waals surface area (Å²) in [4.78, 5) is 23.7. The molecule has 5 aromatic rings. The van der Waals surface area contributed by atoms with Crippen LogP contribution in [0, 0.1) is 6.92 Å². The maximum Gasteiger partial charge on any atom is 0.271 e. The largest absolute Gasteiger partial charge is 0.358 e. The molecule has 0 aliphatic rings. The maximum absolute atomic E-state index is 12.6. The van der Waals surface area contributed by atoms with E-state index in [4.69, 9.17) is 11.6 Å². The zero-order valence-corrected chi connectivity index (χ0v) is 17.4. The number of hydrogen-bond acceptors (Lipinski definition) is 3. The fourth-order valence-corrected chi connectivity index (χ4v) is 3.84. The molecule has 0 unspecified atom stereocenters. The van der Waals surface area contributed by atoms with E-state index in [0.29, 0.717) is 16.4 Å². The van der Waals surface area contributed by atoms with E-state index in [-0.39, 0.29) is 5.91 Å². The van der Waals surface area contributed by atoms with Gasteiger partial charge in [0.1, 0.15) is 5.82 Å². The molecule has 0 spiro atoms. The Kier molecular flexibility index (Phi) is 4.76. The number of nitrogens with zero attached hydrogens (tertiary/aromatic N) is 2. The molecule has 0 radical (unpaired) electrons. The number of imidazole rings is 1. The van der Waals surface area contributed by atoms with Gasteiger partial charge in [-0.3, -0.25) is 4.79 Å². The van der Waals surface area contributed by atoms with E-state index in [0.717, 1.165) is 38.8 Å². The van der Waals surface area contributed by atoms with E-state index >= 15 is 0 Å². The number of carbonyl (C=O) groups excluding carboxylic acids is 1. The summed E-state index contributed by atoms with van der Waals surface area (Å²) < 4.78 is 0. The molecular formula is C24H18ClN5O. The number of para-hydroxylation sites is 1. The highest BCUT2D eigenvalue weighted by molar-refractivity contribution is 6.33. The summed E-state index contributed by atoms with van der Waals surface area (Å²) in [5.74, 6) is 0.357. The number of hydrogen-bond donors (Lipinski definition) is 3. The number of nitrogens with one attached hydrogen (secondary N) is 3. The van der Waals surface area contributed by atoms with E-state index < -0.39 is 0 Å². The van der Waals surface area contributed by atoms with Crippen molar-refractivity contribution >= 4 is 45.7 Å². The van der Waals surface area contributed by atoms with Gasteiger partial charge in [-0.05, 0) is 43.3 Å². The Labute approximate surface area is 183 Å².